The van der Waals surface area contributed by atoms with Gasteiger partial charge in [0, 0.05) is 27.8 Å². The molecule has 0 atom stereocenters. The first-order valence-electron chi connectivity index (χ1n) is 8.74. The Kier molecular flexibility index (Phi) is 4.24. The van der Waals surface area contributed by atoms with Crippen molar-refractivity contribution in [2.45, 2.75) is 6.92 Å². The van der Waals surface area contributed by atoms with Crippen LogP contribution < -0.4 is 5.32 Å². The van der Waals surface area contributed by atoms with Gasteiger partial charge < -0.3 is 5.32 Å². The van der Waals surface area contributed by atoms with Gasteiger partial charge in [-0.25, -0.2) is 0 Å². The van der Waals surface area contributed by atoms with Gasteiger partial charge in [-0.05, 0) is 36.6 Å². The number of benzene rings is 3. The van der Waals surface area contributed by atoms with Gasteiger partial charge in [-0.15, -0.1) is 0 Å². The number of hydrogen-bond acceptors (Lipinski definition) is 4. The van der Waals surface area contributed by atoms with Crippen LogP contribution in [-0.2, 0) is 4.79 Å². The van der Waals surface area contributed by atoms with Gasteiger partial charge in [0.15, 0.2) is 5.78 Å². The maximum atomic E-state index is 12.8. The third kappa shape index (κ3) is 2.95. The molecule has 28 heavy (non-hydrogen) atoms. The number of anilines is 1. The number of carbonyl (C=O) groups excluding carboxylic acids is 4. The van der Waals surface area contributed by atoms with Gasteiger partial charge in [-0.3, -0.25) is 24.1 Å². The van der Waals surface area contributed by atoms with Crippen LogP contribution in [0.5, 0.6) is 0 Å². The topological polar surface area (TPSA) is 83.6 Å². The second kappa shape index (κ2) is 6.74. The van der Waals surface area contributed by atoms with E-state index in [-0.39, 0.29) is 5.78 Å². The average Bonchev–Trinajstić information content (AvgIpc) is 2.69. The average molecular weight is 372 g/mol. The summed E-state index contributed by atoms with van der Waals surface area (Å²) < 4.78 is 0. The Morgan fingerprint density at radius 3 is 2.11 bits per heavy atom. The molecule has 0 spiro atoms. The molecule has 6 heteroatoms. The van der Waals surface area contributed by atoms with Gasteiger partial charge in [0.05, 0.1) is 0 Å². The molecule has 0 aliphatic carbocycles. The van der Waals surface area contributed by atoms with E-state index in [1.807, 2.05) is 12.1 Å². The van der Waals surface area contributed by atoms with Crippen molar-refractivity contribution in [3.8, 4) is 0 Å². The van der Waals surface area contributed by atoms with Gasteiger partial charge in [0.25, 0.3) is 11.8 Å². The maximum absolute atomic E-state index is 12.8. The number of nitrogens with zero attached hydrogens (tertiary/aromatic N) is 1. The zero-order chi connectivity index (χ0) is 19.8. The molecule has 0 saturated carbocycles. The van der Waals surface area contributed by atoms with E-state index in [0.29, 0.717) is 27.8 Å². The highest BCUT2D eigenvalue weighted by atomic mass is 16.2. The standard InChI is InChI=1S/C22H16N2O4/c1-13(25)15-7-2-8-16(11-15)23-19(26)12-24-21(27)17-9-3-5-14-6-4-10-18(20(14)17)22(24)28/h2-11H,12H2,1H3,(H,23,26). The largest absolute Gasteiger partial charge is 0.325 e. The molecule has 0 aromatic heterocycles. The number of rotatable bonds is 4. The predicted molar refractivity (Wildman–Crippen MR) is 104 cm³/mol. The summed E-state index contributed by atoms with van der Waals surface area (Å²) in [5, 5.41) is 4.06. The normalized spacial score (nSPS) is 13.0. The Hall–Kier alpha value is -3.80. The van der Waals surface area contributed by atoms with Crippen LogP contribution in [-0.4, -0.2) is 34.9 Å². The number of amides is 3. The van der Waals surface area contributed by atoms with Crippen molar-refractivity contribution < 1.29 is 19.2 Å². The van der Waals surface area contributed by atoms with Crippen LogP contribution in [0, 0.1) is 0 Å². The number of carbonyl (C=O) groups is 4. The quantitative estimate of drug-likeness (QED) is 0.563. The number of nitrogens with one attached hydrogen (secondary N) is 1. The predicted octanol–water partition coefficient (Wildman–Crippen LogP) is 3.28. The van der Waals surface area contributed by atoms with Crippen LogP contribution in [0.15, 0.2) is 60.7 Å². The van der Waals surface area contributed by atoms with E-state index in [1.54, 1.807) is 48.5 Å². The highest BCUT2D eigenvalue weighted by Crippen LogP contribution is 2.29. The molecular weight excluding hydrogens is 356 g/mol. The minimum absolute atomic E-state index is 0.123. The summed E-state index contributed by atoms with van der Waals surface area (Å²) in [5.41, 5.74) is 1.69. The van der Waals surface area contributed by atoms with Gasteiger partial charge >= 0.3 is 0 Å². The Labute approximate surface area is 160 Å². The fourth-order valence-electron chi connectivity index (χ4n) is 3.38. The highest BCUT2D eigenvalue weighted by Gasteiger charge is 2.33. The van der Waals surface area contributed by atoms with Crippen LogP contribution in [0.4, 0.5) is 5.69 Å². The minimum atomic E-state index is -0.519. The lowest BCUT2D eigenvalue weighted by Gasteiger charge is -2.26. The van der Waals surface area contributed by atoms with E-state index in [2.05, 4.69) is 5.32 Å². The second-order valence-electron chi connectivity index (χ2n) is 6.59. The van der Waals surface area contributed by atoms with Crippen molar-refractivity contribution in [3.63, 3.8) is 0 Å². The molecule has 0 unspecified atom stereocenters. The van der Waals surface area contributed by atoms with Crippen LogP contribution in [0.1, 0.15) is 38.0 Å². The molecule has 0 radical (unpaired) electrons. The van der Waals surface area contributed by atoms with E-state index < -0.39 is 24.3 Å². The molecule has 1 aliphatic heterocycles. The summed E-state index contributed by atoms with van der Waals surface area (Å²) in [4.78, 5) is 50.5. The van der Waals surface area contributed by atoms with Crippen molar-refractivity contribution >= 4 is 40.0 Å². The smallest absolute Gasteiger partial charge is 0.261 e. The summed E-state index contributed by atoms with van der Waals surface area (Å²) in [6.07, 6.45) is 0. The van der Waals surface area contributed by atoms with E-state index in [1.165, 1.54) is 6.92 Å². The summed E-state index contributed by atoms with van der Waals surface area (Å²) >= 11 is 0. The lowest BCUT2D eigenvalue weighted by molar-refractivity contribution is -0.116. The highest BCUT2D eigenvalue weighted by molar-refractivity contribution is 6.26. The molecule has 4 rings (SSSR count). The molecule has 3 aromatic carbocycles. The van der Waals surface area contributed by atoms with Gasteiger partial charge in [0.1, 0.15) is 6.54 Å². The molecule has 1 aliphatic rings. The molecule has 138 valence electrons. The first kappa shape index (κ1) is 17.6. The minimum Gasteiger partial charge on any atom is -0.325 e. The van der Waals surface area contributed by atoms with Crippen LogP contribution in [0.3, 0.4) is 0 Å². The van der Waals surface area contributed by atoms with Crippen molar-refractivity contribution in [3.05, 3.63) is 77.4 Å². The molecule has 3 amide bonds. The molecule has 0 saturated heterocycles. The first-order chi connectivity index (χ1) is 13.5. The Bertz CT molecular complexity index is 1120. The zero-order valence-corrected chi connectivity index (χ0v) is 15.1. The molecule has 1 heterocycles. The summed E-state index contributed by atoms with van der Waals surface area (Å²) in [6.45, 7) is 1.02. The summed E-state index contributed by atoms with van der Waals surface area (Å²) in [5.74, 6) is -1.64. The maximum Gasteiger partial charge on any atom is 0.261 e. The number of hydrogen-bond donors (Lipinski definition) is 1. The SMILES string of the molecule is CC(=O)c1cccc(NC(=O)CN2C(=O)c3cccc4cccc(c34)C2=O)c1. The van der Waals surface area contributed by atoms with Crippen LogP contribution in [0.25, 0.3) is 10.8 Å². The lowest BCUT2D eigenvalue weighted by atomic mass is 9.94. The van der Waals surface area contributed by atoms with E-state index in [9.17, 15) is 19.2 Å². The molecular formula is C22H16N2O4. The number of ketones is 1. The van der Waals surface area contributed by atoms with E-state index >= 15 is 0 Å². The summed E-state index contributed by atoms with van der Waals surface area (Å²) in [7, 11) is 0. The van der Waals surface area contributed by atoms with Gasteiger partial charge in [-0.2, -0.15) is 0 Å². The molecule has 0 bridgehead atoms. The third-order valence-corrected chi connectivity index (χ3v) is 4.71. The van der Waals surface area contributed by atoms with Crippen molar-refractivity contribution in [1.29, 1.82) is 0 Å². The fourth-order valence-corrected chi connectivity index (χ4v) is 3.38. The van der Waals surface area contributed by atoms with Gasteiger partial charge in [-0.1, -0.05) is 36.4 Å². The Balaban J connectivity index is 1.60. The fraction of sp³-hybridized carbons (Fsp3) is 0.0909. The molecule has 0 fully saturated rings. The second-order valence-corrected chi connectivity index (χ2v) is 6.59. The molecule has 6 nitrogen and oxygen atoms in total. The molecule has 3 aromatic rings. The monoisotopic (exact) mass is 372 g/mol. The van der Waals surface area contributed by atoms with Crippen molar-refractivity contribution in [1.82, 2.24) is 4.90 Å². The van der Waals surface area contributed by atoms with Gasteiger partial charge in [0.2, 0.25) is 5.91 Å². The lowest BCUT2D eigenvalue weighted by Crippen LogP contribution is -2.44. The third-order valence-electron chi connectivity index (χ3n) is 4.71. The Morgan fingerprint density at radius 1 is 0.893 bits per heavy atom. The summed E-state index contributed by atoms with van der Waals surface area (Å²) in [6, 6.07) is 17.0. The molecule has 1 N–H and O–H groups in total. The number of Topliss-reactive ketones (excluding diaryl/α,β-unsaturated/α-hetero) is 1. The van der Waals surface area contributed by atoms with Crippen molar-refractivity contribution in [2.24, 2.45) is 0 Å². The zero-order valence-electron chi connectivity index (χ0n) is 15.1. The van der Waals surface area contributed by atoms with Crippen molar-refractivity contribution in [2.75, 3.05) is 11.9 Å². The first-order valence-corrected chi connectivity index (χ1v) is 8.74. The number of imide groups is 1. The van der Waals surface area contributed by atoms with Crippen LogP contribution >= 0.6 is 0 Å². The van der Waals surface area contributed by atoms with Crippen LogP contribution in [0.2, 0.25) is 0 Å². The van der Waals surface area contributed by atoms with E-state index in [0.717, 1.165) is 10.3 Å². The van der Waals surface area contributed by atoms with E-state index in [4.69, 9.17) is 0 Å². The Morgan fingerprint density at radius 2 is 1.50 bits per heavy atom.